The van der Waals surface area contributed by atoms with E-state index in [1.807, 2.05) is 6.92 Å². The Labute approximate surface area is 104 Å². The molecule has 0 aliphatic rings. The summed E-state index contributed by atoms with van der Waals surface area (Å²) in [5.74, 6) is -0.233. The second-order valence-electron chi connectivity index (χ2n) is 3.35. The zero-order valence-electron chi connectivity index (χ0n) is 9.28. The minimum Gasteiger partial charge on any atom is -0.495 e. The van der Waals surface area contributed by atoms with Gasteiger partial charge in [-0.15, -0.1) is 11.8 Å². The molecular formula is C11H13ClO3S. The number of carboxylic acid groups (broad SMARTS) is 1. The first kappa shape index (κ1) is 13.2. The number of carbonyl (C=O) groups is 1. The van der Waals surface area contributed by atoms with Gasteiger partial charge in [-0.3, -0.25) is 4.79 Å². The monoisotopic (exact) mass is 260 g/mol. The van der Waals surface area contributed by atoms with Gasteiger partial charge < -0.3 is 9.84 Å². The molecule has 0 bridgehead atoms. The number of ether oxygens (including phenoxy) is 1. The number of benzene rings is 1. The Morgan fingerprint density at radius 1 is 1.56 bits per heavy atom. The standard InChI is InChI=1S/C11H13ClO3S/c1-6-4-9(15-3)8(12)5-10(6)16-7(2)11(13)14/h4-5,7H,1-3H3,(H,13,14). The molecule has 1 unspecified atom stereocenters. The van der Waals surface area contributed by atoms with Gasteiger partial charge in [0.25, 0.3) is 0 Å². The molecule has 0 aliphatic heterocycles. The Hall–Kier alpha value is -0.870. The summed E-state index contributed by atoms with van der Waals surface area (Å²) in [6.45, 7) is 3.54. The van der Waals surface area contributed by atoms with Gasteiger partial charge in [0.15, 0.2) is 0 Å². The summed E-state index contributed by atoms with van der Waals surface area (Å²) in [4.78, 5) is 11.6. The van der Waals surface area contributed by atoms with Crippen molar-refractivity contribution in [2.75, 3.05) is 7.11 Å². The van der Waals surface area contributed by atoms with E-state index < -0.39 is 11.2 Å². The number of hydrogen-bond acceptors (Lipinski definition) is 3. The molecule has 16 heavy (non-hydrogen) atoms. The van der Waals surface area contributed by atoms with E-state index >= 15 is 0 Å². The number of carboxylic acids is 1. The highest BCUT2D eigenvalue weighted by Crippen LogP contribution is 2.34. The third-order valence-corrected chi connectivity index (χ3v) is 3.65. The largest absolute Gasteiger partial charge is 0.495 e. The minimum absolute atomic E-state index is 0.494. The Kier molecular flexibility index (Phi) is 4.50. The number of rotatable bonds is 4. The molecule has 0 radical (unpaired) electrons. The van der Waals surface area contributed by atoms with Crippen LogP contribution in [0.4, 0.5) is 0 Å². The summed E-state index contributed by atoms with van der Waals surface area (Å²) in [6.07, 6.45) is 0. The number of aryl methyl sites for hydroxylation is 1. The van der Waals surface area contributed by atoms with E-state index in [1.54, 1.807) is 26.2 Å². The molecule has 0 aromatic heterocycles. The van der Waals surface area contributed by atoms with Crippen molar-refractivity contribution in [2.24, 2.45) is 0 Å². The van der Waals surface area contributed by atoms with Gasteiger partial charge in [-0.05, 0) is 31.5 Å². The van der Waals surface area contributed by atoms with E-state index in [1.165, 1.54) is 11.8 Å². The highest BCUT2D eigenvalue weighted by atomic mass is 35.5. The van der Waals surface area contributed by atoms with Crippen LogP contribution in [-0.4, -0.2) is 23.4 Å². The van der Waals surface area contributed by atoms with E-state index in [2.05, 4.69) is 0 Å². The number of halogens is 1. The molecule has 1 N–H and O–H groups in total. The fourth-order valence-corrected chi connectivity index (χ4v) is 2.38. The predicted molar refractivity (Wildman–Crippen MR) is 65.7 cm³/mol. The molecule has 1 rings (SSSR count). The summed E-state index contributed by atoms with van der Waals surface area (Å²) in [7, 11) is 1.55. The molecule has 1 aromatic carbocycles. The number of aliphatic carboxylic acids is 1. The Morgan fingerprint density at radius 3 is 2.69 bits per heavy atom. The van der Waals surface area contributed by atoms with E-state index in [0.29, 0.717) is 10.8 Å². The lowest BCUT2D eigenvalue weighted by atomic mass is 10.2. The number of hydrogen-bond donors (Lipinski definition) is 1. The summed E-state index contributed by atoms with van der Waals surface area (Å²) in [6, 6.07) is 3.54. The third-order valence-electron chi connectivity index (χ3n) is 2.10. The van der Waals surface area contributed by atoms with Gasteiger partial charge in [0.05, 0.1) is 12.1 Å². The van der Waals surface area contributed by atoms with Crippen LogP contribution in [0.2, 0.25) is 5.02 Å². The van der Waals surface area contributed by atoms with Crippen LogP contribution < -0.4 is 4.74 Å². The van der Waals surface area contributed by atoms with Crippen LogP contribution in [0, 0.1) is 6.92 Å². The maximum atomic E-state index is 10.7. The van der Waals surface area contributed by atoms with Crippen LogP contribution in [0.15, 0.2) is 17.0 Å². The summed E-state index contributed by atoms with van der Waals surface area (Å²) >= 11 is 7.25. The van der Waals surface area contributed by atoms with Gasteiger partial charge in [-0.1, -0.05) is 11.6 Å². The topological polar surface area (TPSA) is 46.5 Å². The number of thioether (sulfide) groups is 1. The normalized spacial score (nSPS) is 12.2. The summed E-state index contributed by atoms with van der Waals surface area (Å²) in [5, 5.41) is 8.82. The van der Waals surface area contributed by atoms with Gasteiger partial charge in [-0.2, -0.15) is 0 Å². The quantitative estimate of drug-likeness (QED) is 0.845. The fourth-order valence-electron chi connectivity index (χ4n) is 1.16. The SMILES string of the molecule is COc1cc(C)c(SC(C)C(=O)O)cc1Cl. The average Bonchev–Trinajstić information content (AvgIpc) is 2.22. The van der Waals surface area contributed by atoms with Crippen LogP contribution in [0.5, 0.6) is 5.75 Å². The van der Waals surface area contributed by atoms with Crippen LogP contribution in [0.25, 0.3) is 0 Å². The predicted octanol–water partition coefficient (Wildman–Crippen LogP) is 3.22. The van der Waals surface area contributed by atoms with Gasteiger partial charge in [0.1, 0.15) is 11.0 Å². The third kappa shape index (κ3) is 3.06. The summed E-state index contributed by atoms with van der Waals surface area (Å²) < 4.78 is 5.08. The molecule has 0 fully saturated rings. The molecule has 0 saturated heterocycles. The van der Waals surface area contributed by atoms with Crippen molar-refractivity contribution in [1.29, 1.82) is 0 Å². The van der Waals surface area contributed by atoms with E-state index in [4.69, 9.17) is 21.4 Å². The highest BCUT2D eigenvalue weighted by molar-refractivity contribution is 8.00. The number of methoxy groups -OCH3 is 1. The van der Waals surface area contributed by atoms with Gasteiger partial charge in [0.2, 0.25) is 0 Å². The van der Waals surface area contributed by atoms with Crippen LogP contribution in [-0.2, 0) is 4.79 Å². The molecular weight excluding hydrogens is 248 g/mol. The van der Waals surface area contributed by atoms with Crippen LogP contribution in [0.1, 0.15) is 12.5 Å². The lowest BCUT2D eigenvalue weighted by Gasteiger charge is -2.11. The van der Waals surface area contributed by atoms with E-state index in [-0.39, 0.29) is 0 Å². The fraction of sp³-hybridized carbons (Fsp3) is 0.364. The maximum absolute atomic E-state index is 10.7. The zero-order valence-corrected chi connectivity index (χ0v) is 10.9. The molecule has 1 atom stereocenters. The van der Waals surface area contributed by atoms with Crippen molar-refractivity contribution in [2.45, 2.75) is 24.0 Å². The first-order valence-corrected chi connectivity index (χ1v) is 5.95. The van der Waals surface area contributed by atoms with E-state index in [9.17, 15) is 4.79 Å². The average molecular weight is 261 g/mol. The second-order valence-corrected chi connectivity index (χ2v) is 5.14. The summed E-state index contributed by atoms with van der Waals surface area (Å²) in [5.41, 5.74) is 0.958. The maximum Gasteiger partial charge on any atom is 0.316 e. The first-order chi connectivity index (χ1) is 7.45. The molecule has 3 nitrogen and oxygen atoms in total. The Bertz CT molecular complexity index is 406. The van der Waals surface area contributed by atoms with Gasteiger partial charge in [-0.25, -0.2) is 0 Å². The molecule has 0 spiro atoms. The first-order valence-electron chi connectivity index (χ1n) is 4.69. The van der Waals surface area contributed by atoms with Gasteiger partial charge in [0, 0.05) is 4.90 Å². The smallest absolute Gasteiger partial charge is 0.316 e. The van der Waals surface area contributed by atoms with Crippen molar-refractivity contribution in [3.63, 3.8) is 0 Å². The Morgan fingerprint density at radius 2 is 2.19 bits per heavy atom. The van der Waals surface area contributed by atoms with Crippen molar-refractivity contribution in [1.82, 2.24) is 0 Å². The van der Waals surface area contributed by atoms with E-state index in [0.717, 1.165) is 10.5 Å². The molecule has 5 heteroatoms. The van der Waals surface area contributed by atoms with Crippen molar-refractivity contribution in [3.05, 3.63) is 22.7 Å². The minimum atomic E-state index is -0.837. The lowest BCUT2D eigenvalue weighted by molar-refractivity contribution is -0.136. The highest BCUT2D eigenvalue weighted by Gasteiger charge is 2.15. The molecule has 0 amide bonds. The van der Waals surface area contributed by atoms with Crippen LogP contribution in [0.3, 0.4) is 0 Å². The molecule has 0 heterocycles. The van der Waals surface area contributed by atoms with Crippen molar-refractivity contribution in [3.8, 4) is 5.75 Å². The zero-order chi connectivity index (χ0) is 12.3. The molecule has 88 valence electrons. The molecule has 0 aliphatic carbocycles. The van der Waals surface area contributed by atoms with Gasteiger partial charge >= 0.3 is 5.97 Å². The molecule has 0 saturated carbocycles. The lowest BCUT2D eigenvalue weighted by Crippen LogP contribution is -2.11. The molecule has 1 aromatic rings. The van der Waals surface area contributed by atoms with Crippen molar-refractivity contribution < 1.29 is 14.6 Å². The van der Waals surface area contributed by atoms with Crippen LogP contribution >= 0.6 is 23.4 Å². The second kappa shape index (κ2) is 5.46. The Balaban J connectivity index is 2.98. The van der Waals surface area contributed by atoms with Crippen molar-refractivity contribution >= 4 is 29.3 Å².